The summed E-state index contributed by atoms with van der Waals surface area (Å²) in [7, 11) is 5.50. The van der Waals surface area contributed by atoms with Gasteiger partial charge in [0.25, 0.3) is 0 Å². The Morgan fingerprint density at radius 3 is 1.30 bits per heavy atom. The van der Waals surface area contributed by atoms with Crippen molar-refractivity contribution in [3.05, 3.63) is 97.2 Å². The van der Waals surface area contributed by atoms with E-state index in [1.165, 1.54) is 12.8 Å². The molecule has 0 saturated heterocycles. The Bertz CT molecular complexity index is 1300. The predicted octanol–water partition coefficient (Wildman–Crippen LogP) is 13.1. The van der Waals surface area contributed by atoms with Crippen molar-refractivity contribution in [3.8, 4) is 0 Å². The summed E-state index contributed by atoms with van der Waals surface area (Å²) in [4.78, 5) is 37.1. The lowest BCUT2D eigenvalue weighted by Crippen LogP contribution is -2.50. The van der Waals surface area contributed by atoms with Gasteiger partial charge in [0.1, 0.15) is 6.61 Å². The largest absolute Gasteiger partial charge is 0.477 e. The lowest BCUT2D eigenvalue weighted by molar-refractivity contribution is -0.887. The highest BCUT2D eigenvalue weighted by Crippen LogP contribution is 2.13. The van der Waals surface area contributed by atoms with Crippen LogP contribution in [-0.2, 0) is 28.6 Å². The standard InChI is InChI=1S/C52H85NO7/c1-6-8-10-12-14-16-18-20-22-24-25-26-27-29-31-33-35-37-39-41-43-51(55)60-48(46-58-45-44-49(52(56)57)53(3,4)5)47-59-50(54)42-40-38-36-34-32-30-28-23-21-19-17-15-13-11-9-7-2/h8-11,14-17,20-23,25-26,29,31,48-49H,6-7,12-13,18-19,24,27-28,30,32-47H2,1-5H3/p+1/b10-8+,11-9+,16-14+,17-15+,22-20+,23-21+,26-25+,31-29+. The van der Waals surface area contributed by atoms with Crippen LogP contribution in [0.4, 0.5) is 0 Å². The zero-order valence-corrected chi connectivity index (χ0v) is 38.6. The molecule has 0 aliphatic carbocycles. The fourth-order valence-corrected chi connectivity index (χ4v) is 6.19. The summed E-state index contributed by atoms with van der Waals surface area (Å²) < 4.78 is 17.3. The minimum Gasteiger partial charge on any atom is -0.477 e. The zero-order valence-electron chi connectivity index (χ0n) is 38.6. The number of esters is 2. The number of quaternary nitrogens is 1. The number of likely N-dealkylation sites (N-methyl/N-ethyl adjacent to an activating group) is 1. The van der Waals surface area contributed by atoms with Crippen LogP contribution in [0.15, 0.2) is 97.2 Å². The first-order valence-electron chi connectivity index (χ1n) is 23.3. The summed E-state index contributed by atoms with van der Waals surface area (Å²) in [6.45, 7) is 4.45. The van der Waals surface area contributed by atoms with Crippen molar-refractivity contribution in [1.82, 2.24) is 0 Å². The molecule has 0 heterocycles. The van der Waals surface area contributed by atoms with E-state index in [0.717, 1.165) is 116 Å². The molecule has 0 bridgehead atoms. The third kappa shape index (κ3) is 39.7. The van der Waals surface area contributed by atoms with Crippen LogP contribution >= 0.6 is 0 Å². The molecule has 2 atom stereocenters. The van der Waals surface area contributed by atoms with E-state index in [9.17, 15) is 19.5 Å². The first-order chi connectivity index (χ1) is 29.1. The van der Waals surface area contributed by atoms with Crippen molar-refractivity contribution in [2.24, 2.45) is 0 Å². The quantitative estimate of drug-likeness (QED) is 0.0284. The molecule has 0 amide bonds. The van der Waals surface area contributed by atoms with Gasteiger partial charge in [0.05, 0.1) is 34.4 Å². The molecule has 0 aromatic carbocycles. The van der Waals surface area contributed by atoms with Crippen molar-refractivity contribution < 1.29 is 38.2 Å². The minimum absolute atomic E-state index is 0.0400. The van der Waals surface area contributed by atoms with Gasteiger partial charge in [-0.05, 0) is 89.9 Å². The average molecular weight is 837 g/mol. The second-order valence-electron chi connectivity index (χ2n) is 16.2. The van der Waals surface area contributed by atoms with Gasteiger partial charge in [0, 0.05) is 19.3 Å². The van der Waals surface area contributed by atoms with Crippen molar-refractivity contribution in [2.45, 2.75) is 174 Å². The molecule has 0 aromatic rings. The van der Waals surface area contributed by atoms with E-state index in [4.69, 9.17) is 14.2 Å². The van der Waals surface area contributed by atoms with Crippen LogP contribution in [0.25, 0.3) is 0 Å². The lowest BCUT2D eigenvalue weighted by Gasteiger charge is -2.31. The predicted molar refractivity (Wildman–Crippen MR) is 252 cm³/mol. The summed E-state index contributed by atoms with van der Waals surface area (Å²) in [5.41, 5.74) is 0. The number of rotatable bonds is 40. The average Bonchev–Trinajstić information content (AvgIpc) is 3.21. The maximum Gasteiger partial charge on any atom is 0.362 e. The maximum atomic E-state index is 12.8. The molecule has 0 aliphatic rings. The topological polar surface area (TPSA) is 99.1 Å². The lowest BCUT2D eigenvalue weighted by atomic mass is 10.1. The molecule has 1 N–H and O–H groups in total. The van der Waals surface area contributed by atoms with Gasteiger partial charge in [-0.15, -0.1) is 0 Å². The molecule has 0 spiro atoms. The molecular formula is C52H86NO7+. The van der Waals surface area contributed by atoms with Gasteiger partial charge in [0.15, 0.2) is 12.1 Å². The highest BCUT2D eigenvalue weighted by Gasteiger charge is 2.31. The van der Waals surface area contributed by atoms with Crippen molar-refractivity contribution in [1.29, 1.82) is 0 Å². The van der Waals surface area contributed by atoms with Crippen LogP contribution in [0, 0.1) is 0 Å². The van der Waals surface area contributed by atoms with Crippen LogP contribution in [-0.4, -0.2) is 80.6 Å². The summed E-state index contributed by atoms with van der Waals surface area (Å²) in [6, 6.07) is -0.628. The van der Waals surface area contributed by atoms with Crippen molar-refractivity contribution in [3.63, 3.8) is 0 Å². The van der Waals surface area contributed by atoms with Crippen LogP contribution in [0.1, 0.15) is 162 Å². The number of hydrogen-bond acceptors (Lipinski definition) is 6. The molecule has 0 aliphatic heterocycles. The normalized spacial score (nSPS) is 13.8. The molecule has 2 unspecified atom stereocenters. The van der Waals surface area contributed by atoms with Crippen LogP contribution in [0.3, 0.4) is 0 Å². The molecule has 8 heteroatoms. The van der Waals surface area contributed by atoms with Gasteiger partial charge < -0.3 is 23.8 Å². The van der Waals surface area contributed by atoms with E-state index in [2.05, 4.69) is 111 Å². The Hall–Kier alpha value is -3.75. The number of carboxylic acid groups (broad SMARTS) is 1. The van der Waals surface area contributed by atoms with Gasteiger partial charge in [-0.1, -0.05) is 150 Å². The fourth-order valence-electron chi connectivity index (χ4n) is 6.19. The Balaban J connectivity index is 4.41. The number of nitrogens with zero attached hydrogens (tertiary/aromatic N) is 1. The number of unbranched alkanes of at least 4 members (excludes halogenated alkanes) is 10. The van der Waals surface area contributed by atoms with E-state index in [1.54, 1.807) is 0 Å². The van der Waals surface area contributed by atoms with Crippen LogP contribution < -0.4 is 0 Å². The number of allylic oxidation sites excluding steroid dienone is 16. The fraction of sp³-hybridized carbons (Fsp3) is 0.635. The van der Waals surface area contributed by atoms with Gasteiger partial charge in [-0.3, -0.25) is 9.59 Å². The molecular weight excluding hydrogens is 751 g/mol. The van der Waals surface area contributed by atoms with Gasteiger partial charge in [0.2, 0.25) is 0 Å². The molecule has 0 rings (SSSR count). The second-order valence-corrected chi connectivity index (χ2v) is 16.2. The molecule has 0 radical (unpaired) electrons. The first kappa shape index (κ1) is 56.2. The number of aliphatic carboxylic acids is 1. The van der Waals surface area contributed by atoms with Gasteiger partial charge in [-0.2, -0.15) is 0 Å². The highest BCUT2D eigenvalue weighted by atomic mass is 16.6. The first-order valence-corrected chi connectivity index (χ1v) is 23.3. The third-order valence-corrected chi connectivity index (χ3v) is 9.73. The van der Waals surface area contributed by atoms with E-state index in [0.29, 0.717) is 19.3 Å². The van der Waals surface area contributed by atoms with Gasteiger partial charge >= 0.3 is 17.9 Å². The molecule has 60 heavy (non-hydrogen) atoms. The number of carbonyl (C=O) groups is 3. The van der Waals surface area contributed by atoms with E-state index in [1.807, 2.05) is 21.1 Å². The van der Waals surface area contributed by atoms with Crippen molar-refractivity contribution >= 4 is 17.9 Å². The summed E-state index contributed by atoms with van der Waals surface area (Å²) in [5.74, 6) is -1.53. The molecule has 0 aromatic heterocycles. The monoisotopic (exact) mass is 837 g/mol. The summed E-state index contributed by atoms with van der Waals surface area (Å²) in [5, 5.41) is 9.63. The van der Waals surface area contributed by atoms with E-state index in [-0.39, 0.29) is 36.2 Å². The molecule has 0 saturated carbocycles. The summed E-state index contributed by atoms with van der Waals surface area (Å²) >= 11 is 0. The highest BCUT2D eigenvalue weighted by molar-refractivity contribution is 5.72. The SMILES string of the molecule is CC/C=C/C/C=C/C/C=C/C/C=C/C/C=C/CCCCCCC(=O)OC(COCCC(C(=O)O)[N+](C)(C)C)COC(=O)CCCCCCCC/C=C/C/C=C/C/C=C/CC. The number of ether oxygens (including phenoxy) is 3. The van der Waals surface area contributed by atoms with Gasteiger partial charge in [-0.25, -0.2) is 4.79 Å². The number of carboxylic acids is 1. The Morgan fingerprint density at radius 1 is 0.500 bits per heavy atom. The molecule has 340 valence electrons. The second kappa shape index (κ2) is 42.0. The Labute approximate surface area is 366 Å². The maximum absolute atomic E-state index is 12.8. The number of carbonyl (C=O) groups excluding carboxylic acids is 2. The van der Waals surface area contributed by atoms with Crippen molar-refractivity contribution in [2.75, 3.05) is 41.0 Å². The zero-order chi connectivity index (χ0) is 44.2. The van der Waals surface area contributed by atoms with E-state index >= 15 is 0 Å². The van der Waals surface area contributed by atoms with Crippen LogP contribution in [0.5, 0.6) is 0 Å². The minimum atomic E-state index is -0.886. The molecule has 8 nitrogen and oxygen atoms in total. The third-order valence-electron chi connectivity index (χ3n) is 9.73. The van der Waals surface area contributed by atoms with Crippen LogP contribution in [0.2, 0.25) is 0 Å². The number of hydrogen-bond donors (Lipinski definition) is 1. The smallest absolute Gasteiger partial charge is 0.362 e. The summed E-state index contributed by atoms with van der Waals surface area (Å²) in [6.07, 6.45) is 55.9. The molecule has 0 fully saturated rings. The Morgan fingerprint density at radius 2 is 0.883 bits per heavy atom. The Kier molecular flexibility index (Phi) is 39.3. The van der Waals surface area contributed by atoms with E-state index < -0.39 is 18.1 Å².